The summed E-state index contributed by atoms with van der Waals surface area (Å²) in [6, 6.07) is 6.15. The molecule has 1 aromatic rings. The van der Waals surface area contributed by atoms with Gasteiger partial charge in [0.2, 0.25) is 5.71 Å². The molecule has 98 valence electrons. The van der Waals surface area contributed by atoms with E-state index in [4.69, 9.17) is 16.4 Å². The van der Waals surface area contributed by atoms with Gasteiger partial charge in [0.05, 0.1) is 4.92 Å². The van der Waals surface area contributed by atoms with Crippen LogP contribution < -0.4 is 11.2 Å². The van der Waals surface area contributed by atoms with Crippen molar-refractivity contribution in [3.05, 3.63) is 28.3 Å². The largest absolute Gasteiger partial charge is 0.382 e. The summed E-state index contributed by atoms with van der Waals surface area (Å²) in [6.07, 6.45) is 1.80. The normalized spacial score (nSPS) is 10.6. The average molecular weight is 278 g/mol. The average Bonchev–Trinajstić information content (AvgIpc) is 2.38. The van der Waals surface area contributed by atoms with E-state index < -0.39 is 10.8 Å². The standard InChI is InChI=1S/C10H10N6O2S/c1-19-6-2-3-7(9(4-6)16(17)18)14-15-8(5-11)10(12)13/h2-4,14H,1H3,(H3,12,13)/b15-8+. The highest BCUT2D eigenvalue weighted by Crippen LogP contribution is 2.29. The zero-order chi connectivity index (χ0) is 14.4. The van der Waals surface area contributed by atoms with Crippen molar-refractivity contribution in [3.63, 3.8) is 0 Å². The topological polar surface area (TPSA) is 141 Å². The van der Waals surface area contributed by atoms with Crippen molar-refractivity contribution < 1.29 is 4.92 Å². The Morgan fingerprint density at radius 2 is 2.37 bits per heavy atom. The number of nitrogens with one attached hydrogen (secondary N) is 2. The van der Waals surface area contributed by atoms with Crippen molar-refractivity contribution in [3.8, 4) is 6.07 Å². The van der Waals surface area contributed by atoms with Crippen molar-refractivity contribution in [1.82, 2.24) is 0 Å². The molecule has 0 atom stereocenters. The third kappa shape index (κ3) is 3.68. The zero-order valence-corrected chi connectivity index (χ0v) is 10.7. The molecule has 0 amide bonds. The summed E-state index contributed by atoms with van der Waals surface area (Å²) in [5.74, 6) is -0.515. The number of anilines is 1. The minimum absolute atomic E-state index is 0.122. The second-order valence-corrected chi connectivity index (χ2v) is 4.12. The molecule has 1 rings (SSSR count). The third-order valence-electron chi connectivity index (χ3n) is 2.05. The molecule has 0 saturated carbocycles. The molecule has 0 heterocycles. The van der Waals surface area contributed by atoms with Gasteiger partial charge in [-0.1, -0.05) is 0 Å². The Bertz CT molecular complexity index is 592. The van der Waals surface area contributed by atoms with Crippen LogP contribution >= 0.6 is 11.8 Å². The summed E-state index contributed by atoms with van der Waals surface area (Å²) >= 11 is 1.37. The predicted octanol–water partition coefficient (Wildman–Crippen LogP) is 1.54. The Labute approximate surface area is 113 Å². The van der Waals surface area contributed by atoms with Crippen LogP contribution in [-0.2, 0) is 0 Å². The highest BCUT2D eigenvalue weighted by atomic mass is 32.2. The van der Waals surface area contributed by atoms with Crippen LogP contribution in [0, 0.1) is 26.9 Å². The van der Waals surface area contributed by atoms with Gasteiger partial charge in [0.25, 0.3) is 5.69 Å². The van der Waals surface area contributed by atoms with E-state index in [9.17, 15) is 10.1 Å². The molecule has 1 aromatic carbocycles. The van der Waals surface area contributed by atoms with Crippen LogP contribution in [-0.4, -0.2) is 22.7 Å². The molecule has 0 saturated heterocycles. The van der Waals surface area contributed by atoms with E-state index in [0.29, 0.717) is 0 Å². The highest BCUT2D eigenvalue weighted by molar-refractivity contribution is 7.98. The molecule has 0 unspecified atom stereocenters. The van der Waals surface area contributed by atoms with Crippen LogP contribution in [0.1, 0.15) is 0 Å². The molecule has 8 nitrogen and oxygen atoms in total. The number of nitrogens with zero attached hydrogens (tertiary/aromatic N) is 3. The number of hydrazone groups is 1. The minimum Gasteiger partial charge on any atom is -0.382 e. The fourth-order valence-corrected chi connectivity index (χ4v) is 1.58. The van der Waals surface area contributed by atoms with Crippen molar-refractivity contribution in [1.29, 1.82) is 10.7 Å². The van der Waals surface area contributed by atoms with Crippen LogP contribution in [0.4, 0.5) is 11.4 Å². The molecule has 0 aliphatic heterocycles. The maximum absolute atomic E-state index is 10.9. The molecule has 0 aromatic heterocycles. The van der Waals surface area contributed by atoms with Crippen LogP contribution in [0.3, 0.4) is 0 Å². The first kappa shape index (κ1) is 14.5. The van der Waals surface area contributed by atoms with E-state index in [1.165, 1.54) is 23.9 Å². The monoisotopic (exact) mass is 278 g/mol. The van der Waals surface area contributed by atoms with Crippen LogP contribution in [0.25, 0.3) is 0 Å². The number of rotatable bonds is 5. The molecule has 0 bridgehead atoms. The Morgan fingerprint density at radius 3 is 2.84 bits per heavy atom. The predicted molar refractivity (Wildman–Crippen MR) is 73.5 cm³/mol. The van der Waals surface area contributed by atoms with Crippen LogP contribution in [0.2, 0.25) is 0 Å². The van der Waals surface area contributed by atoms with Gasteiger partial charge in [-0.15, -0.1) is 11.8 Å². The molecule has 0 spiro atoms. The van der Waals surface area contributed by atoms with Gasteiger partial charge in [0.15, 0.2) is 5.84 Å². The van der Waals surface area contributed by atoms with Gasteiger partial charge in [-0.3, -0.25) is 20.9 Å². The summed E-state index contributed by atoms with van der Waals surface area (Å²) in [4.78, 5) is 11.1. The lowest BCUT2D eigenvalue weighted by Gasteiger charge is -2.04. The second kappa shape index (κ2) is 6.36. The second-order valence-electron chi connectivity index (χ2n) is 3.24. The number of hydrogen-bond donors (Lipinski definition) is 3. The summed E-state index contributed by atoms with van der Waals surface area (Å²) < 4.78 is 0. The maximum Gasteiger partial charge on any atom is 0.295 e. The molecular weight excluding hydrogens is 268 g/mol. The van der Waals surface area contributed by atoms with Crippen molar-refractivity contribution >= 4 is 34.7 Å². The number of nitro benzene ring substituents is 1. The summed E-state index contributed by atoms with van der Waals surface area (Å²) in [5.41, 5.74) is 7.09. The van der Waals surface area contributed by atoms with Crippen molar-refractivity contribution in [2.24, 2.45) is 10.8 Å². The minimum atomic E-state index is -0.558. The Balaban J connectivity index is 3.11. The Hall–Kier alpha value is -2.60. The first-order valence-electron chi connectivity index (χ1n) is 4.90. The SMILES string of the molecule is CSc1ccc(N/N=C(\C#N)C(=N)N)c([N+](=O)[O-])c1. The summed E-state index contributed by atoms with van der Waals surface area (Å²) in [7, 11) is 0. The lowest BCUT2D eigenvalue weighted by molar-refractivity contribution is -0.384. The number of benzene rings is 1. The quantitative estimate of drug-likeness (QED) is 0.245. The van der Waals surface area contributed by atoms with E-state index in [2.05, 4.69) is 10.5 Å². The van der Waals surface area contributed by atoms with E-state index in [1.807, 2.05) is 0 Å². The van der Waals surface area contributed by atoms with Gasteiger partial charge < -0.3 is 5.73 Å². The first-order valence-corrected chi connectivity index (χ1v) is 6.12. The molecule has 4 N–H and O–H groups in total. The molecular formula is C10H10N6O2S. The lowest BCUT2D eigenvalue weighted by atomic mass is 10.3. The Kier molecular flexibility index (Phi) is 4.84. The highest BCUT2D eigenvalue weighted by Gasteiger charge is 2.14. The number of hydrogen-bond acceptors (Lipinski definition) is 7. The fourth-order valence-electron chi connectivity index (χ4n) is 1.15. The first-order chi connectivity index (χ1) is 8.99. The number of thioether (sulfide) groups is 1. The van der Waals surface area contributed by atoms with Gasteiger partial charge in [0.1, 0.15) is 11.8 Å². The third-order valence-corrected chi connectivity index (χ3v) is 2.78. The Morgan fingerprint density at radius 1 is 1.68 bits per heavy atom. The van der Waals surface area contributed by atoms with E-state index in [-0.39, 0.29) is 17.1 Å². The molecule has 19 heavy (non-hydrogen) atoms. The molecule has 0 fully saturated rings. The van der Waals surface area contributed by atoms with Gasteiger partial charge in [0, 0.05) is 11.0 Å². The van der Waals surface area contributed by atoms with Crippen molar-refractivity contribution in [2.45, 2.75) is 4.90 Å². The number of nitro groups is 1. The number of nitriles is 1. The molecule has 0 aliphatic carbocycles. The maximum atomic E-state index is 10.9. The summed E-state index contributed by atoms with van der Waals surface area (Å²) in [5, 5.41) is 30.2. The van der Waals surface area contributed by atoms with Crippen molar-refractivity contribution in [2.75, 3.05) is 11.7 Å². The molecule has 0 aliphatic rings. The number of amidine groups is 1. The molecule has 0 radical (unpaired) electrons. The van der Waals surface area contributed by atoms with Gasteiger partial charge in [-0.05, 0) is 18.4 Å². The van der Waals surface area contributed by atoms with Crippen LogP contribution in [0.15, 0.2) is 28.2 Å². The van der Waals surface area contributed by atoms with E-state index >= 15 is 0 Å². The van der Waals surface area contributed by atoms with Gasteiger partial charge in [-0.25, -0.2) is 0 Å². The van der Waals surface area contributed by atoms with Gasteiger partial charge >= 0.3 is 0 Å². The molecule has 9 heteroatoms. The fraction of sp³-hybridized carbons (Fsp3) is 0.100. The lowest BCUT2D eigenvalue weighted by Crippen LogP contribution is -2.21. The smallest absolute Gasteiger partial charge is 0.295 e. The van der Waals surface area contributed by atoms with Crippen LogP contribution in [0.5, 0.6) is 0 Å². The van der Waals surface area contributed by atoms with E-state index in [1.54, 1.807) is 18.4 Å². The summed E-state index contributed by atoms with van der Waals surface area (Å²) in [6.45, 7) is 0. The zero-order valence-electron chi connectivity index (χ0n) is 9.88. The van der Waals surface area contributed by atoms with E-state index in [0.717, 1.165) is 4.90 Å². The van der Waals surface area contributed by atoms with Gasteiger partial charge in [-0.2, -0.15) is 10.4 Å². The number of nitrogens with two attached hydrogens (primary N) is 1.